The highest BCUT2D eigenvalue weighted by Crippen LogP contribution is 2.62. The van der Waals surface area contributed by atoms with Crippen molar-refractivity contribution in [3.63, 3.8) is 0 Å². The van der Waals surface area contributed by atoms with Crippen LogP contribution < -0.4 is 0 Å². The van der Waals surface area contributed by atoms with Gasteiger partial charge in [0.15, 0.2) is 0 Å². The molecular weight excluding hydrogens is 260 g/mol. The van der Waals surface area contributed by atoms with Crippen molar-refractivity contribution >= 4 is 5.78 Å². The molecule has 2 saturated carbocycles. The van der Waals surface area contributed by atoms with E-state index in [0.29, 0.717) is 30.0 Å². The van der Waals surface area contributed by atoms with Gasteiger partial charge in [-0.3, -0.25) is 0 Å². The maximum absolute atomic E-state index is 11.4. The van der Waals surface area contributed by atoms with Gasteiger partial charge in [0.1, 0.15) is 5.78 Å². The standard InChI is InChI=1S/C19H30O2/c1-13(20)8-11-18(2)10-4-5-14-15(18)9-12-19(3)16(14)6-7-17(19)21/h4,10,14-17,21H,5-9,11-12H2,1-3H3/t14-,15+,16+,17+,18-,19+/m1/s1. The molecule has 0 radical (unpaired) electrons. The number of aliphatic hydroxyl groups is 1. The summed E-state index contributed by atoms with van der Waals surface area (Å²) in [6.45, 7) is 6.38. The summed E-state index contributed by atoms with van der Waals surface area (Å²) in [5, 5.41) is 10.4. The van der Waals surface area contributed by atoms with Crippen molar-refractivity contribution < 1.29 is 9.90 Å². The monoisotopic (exact) mass is 290 g/mol. The molecule has 0 amide bonds. The lowest BCUT2D eigenvalue weighted by atomic mass is 9.51. The van der Waals surface area contributed by atoms with Crippen molar-refractivity contribution in [2.75, 3.05) is 0 Å². The van der Waals surface area contributed by atoms with E-state index in [1.54, 1.807) is 6.92 Å². The Morgan fingerprint density at radius 2 is 2.00 bits per heavy atom. The van der Waals surface area contributed by atoms with Crippen molar-refractivity contribution in [2.24, 2.45) is 28.6 Å². The number of Topliss-reactive ketones (excluding diaryl/α,β-unsaturated/α-hetero) is 1. The first-order valence-corrected chi connectivity index (χ1v) is 8.72. The number of carbonyl (C=O) groups excluding carboxylic acids is 1. The largest absolute Gasteiger partial charge is 0.393 e. The Hall–Kier alpha value is -0.630. The van der Waals surface area contributed by atoms with E-state index >= 15 is 0 Å². The Kier molecular flexibility index (Phi) is 3.80. The van der Waals surface area contributed by atoms with Crippen LogP contribution in [0.3, 0.4) is 0 Å². The second kappa shape index (κ2) is 5.22. The average molecular weight is 290 g/mol. The molecule has 0 heterocycles. The molecule has 0 unspecified atom stereocenters. The normalized spacial score (nSPS) is 48.8. The molecule has 0 bridgehead atoms. The highest BCUT2D eigenvalue weighted by atomic mass is 16.3. The van der Waals surface area contributed by atoms with Crippen molar-refractivity contribution in [2.45, 2.75) is 71.8 Å². The molecule has 0 aromatic carbocycles. The molecule has 6 atom stereocenters. The fraction of sp³-hybridized carbons (Fsp3) is 0.842. The van der Waals surface area contributed by atoms with E-state index in [0.717, 1.165) is 19.3 Å². The van der Waals surface area contributed by atoms with Gasteiger partial charge in [0.05, 0.1) is 6.10 Å². The highest BCUT2D eigenvalue weighted by Gasteiger charge is 2.56. The molecule has 0 spiro atoms. The summed E-state index contributed by atoms with van der Waals surface area (Å²) < 4.78 is 0. The van der Waals surface area contributed by atoms with Crippen LogP contribution in [0.25, 0.3) is 0 Å². The lowest BCUT2D eigenvalue weighted by Gasteiger charge is -2.54. The predicted octanol–water partition coefficient (Wildman–Crippen LogP) is 4.13. The Bertz CT molecular complexity index is 454. The SMILES string of the molecule is CC(=O)CC[C@@]1(C)C=CC[C@H]2[C@@H]3CC[C@H](O)[C@@]3(C)CC[C@@H]21. The first kappa shape index (κ1) is 15.3. The van der Waals surface area contributed by atoms with E-state index in [1.165, 1.54) is 19.3 Å². The van der Waals surface area contributed by atoms with Gasteiger partial charge in [0.2, 0.25) is 0 Å². The molecule has 3 aliphatic carbocycles. The summed E-state index contributed by atoms with van der Waals surface area (Å²) in [7, 11) is 0. The fourth-order valence-corrected chi connectivity index (χ4v) is 5.74. The van der Waals surface area contributed by atoms with Crippen LogP contribution in [0.4, 0.5) is 0 Å². The zero-order valence-electron chi connectivity index (χ0n) is 13.8. The summed E-state index contributed by atoms with van der Waals surface area (Å²) in [5.41, 5.74) is 0.331. The lowest BCUT2D eigenvalue weighted by molar-refractivity contribution is -0.118. The van der Waals surface area contributed by atoms with Gasteiger partial charge in [-0.15, -0.1) is 0 Å². The molecule has 21 heavy (non-hydrogen) atoms. The number of ketones is 1. The third-order valence-electron chi connectivity index (χ3n) is 7.16. The van der Waals surface area contributed by atoms with E-state index in [-0.39, 0.29) is 16.9 Å². The van der Waals surface area contributed by atoms with Crippen LogP contribution in [0.1, 0.15) is 65.7 Å². The number of allylic oxidation sites excluding steroid dienone is 2. The number of fused-ring (bicyclic) bond motifs is 3. The number of hydrogen-bond acceptors (Lipinski definition) is 2. The van der Waals surface area contributed by atoms with Crippen LogP contribution >= 0.6 is 0 Å². The predicted molar refractivity (Wildman–Crippen MR) is 84.8 cm³/mol. The van der Waals surface area contributed by atoms with Gasteiger partial charge < -0.3 is 9.90 Å². The van der Waals surface area contributed by atoms with Crippen LogP contribution in [-0.4, -0.2) is 17.0 Å². The molecule has 0 aliphatic heterocycles. The topological polar surface area (TPSA) is 37.3 Å². The Labute approximate surface area is 129 Å². The molecule has 2 heteroatoms. The minimum atomic E-state index is -0.0992. The molecule has 118 valence electrons. The number of hydrogen-bond donors (Lipinski definition) is 1. The van der Waals surface area contributed by atoms with Crippen molar-refractivity contribution in [1.82, 2.24) is 0 Å². The third kappa shape index (κ3) is 2.40. The molecule has 3 rings (SSSR count). The fourth-order valence-electron chi connectivity index (χ4n) is 5.74. The summed E-state index contributed by atoms with van der Waals surface area (Å²) in [6, 6.07) is 0. The molecule has 0 aromatic rings. The lowest BCUT2D eigenvalue weighted by Crippen LogP contribution is -2.48. The molecule has 3 aliphatic rings. The van der Waals surface area contributed by atoms with Crippen molar-refractivity contribution in [3.8, 4) is 0 Å². The second-order valence-electron chi connectivity index (χ2n) is 8.36. The van der Waals surface area contributed by atoms with E-state index in [9.17, 15) is 9.90 Å². The van der Waals surface area contributed by atoms with Gasteiger partial charge in [0, 0.05) is 6.42 Å². The summed E-state index contributed by atoms with van der Waals surface area (Å²) in [5.74, 6) is 2.39. The molecule has 2 fully saturated rings. The van der Waals surface area contributed by atoms with Crippen LogP contribution in [0.5, 0.6) is 0 Å². The van der Waals surface area contributed by atoms with Crippen molar-refractivity contribution in [3.05, 3.63) is 12.2 Å². The average Bonchev–Trinajstić information content (AvgIpc) is 2.73. The molecule has 1 N–H and O–H groups in total. The van der Waals surface area contributed by atoms with Gasteiger partial charge in [-0.2, -0.15) is 0 Å². The Balaban J connectivity index is 1.83. The minimum Gasteiger partial charge on any atom is -0.393 e. The molecular formula is C19H30O2. The number of aliphatic hydroxyl groups excluding tert-OH is 1. The van der Waals surface area contributed by atoms with Crippen molar-refractivity contribution in [1.29, 1.82) is 0 Å². The van der Waals surface area contributed by atoms with Crippen LogP contribution in [-0.2, 0) is 4.79 Å². The molecule has 0 aromatic heterocycles. The maximum Gasteiger partial charge on any atom is 0.129 e. The zero-order chi connectivity index (χ0) is 15.3. The second-order valence-corrected chi connectivity index (χ2v) is 8.36. The van der Waals surface area contributed by atoms with Gasteiger partial charge in [0.25, 0.3) is 0 Å². The quantitative estimate of drug-likeness (QED) is 0.794. The first-order chi connectivity index (χ1) is 9.87. The van der Waals surface area contributed by atoms with Gasteiger partial charge in [-0.1, -0.05) is 26.0 Å². The zero-order valence-corrected chi connectivity index (χ0v) is 13.8. The van der Waals surface area contributed by atoms with E-state index in [4.69, 9.17) is 0 Å². The number of rotatable bonds is 3. The third-order valence-corrected chi connectivity index (χ3v) is 7.16. The summed E-state index contributed by atoms with van der Waals surface area (Å²) >= 11 is 0. The van der Waals surface area contributed by atoms with Gasteiger partial charge >= 0.3 is 0 Å². The number of carbonyl (C=O) groups is 1. The van der Waals surface area contributed by atoms with E-state index < -0.39 is 0 Å². The Morgan fingerprint density at radius 1 is 1.24 bits per heavy atom. The van der Waals surface area contributed by atoms with Crippen LogP contribution in [0.2, 0.25) is 0 Å². The highest BCUT2D eigenvalue weighted by molar-refractivity contribution is 5.75. The first-order valence-electron chi connectivity index (χ1n) is 8.72. The summed E-state index contributed by atoms with van der Waals surface area (Å²) in [4.78, 5) is 11.4. The van der Waals surface area contributed by atoms with E-state index in [1.807, 2.05) is 0 Å². The van der Waals surface area contributed by atoms with E-state index in [2.05, 4.69) is 26.0 Å². The smallest absolute Gasteiger partial charge is 0.129 e. The Morgan fingerprint density at radius 3 is 2.71 bits per heavy atom. The minimum absolute atomic E-state index is 0.0992. The maximum atomic E-state index is 11.4. The molecule has 2 nitrogen and oxygen atoms in total. The van der Waals surface area contributed by atoms with Gasteiger partial charge in [-0.25, -0.2) is 0 Å². The summed E-state index contributed by atoms with van der Waals surface area (Å²) in [6.07, 6.45) is 12.1. The van der Waals surface area contributed by atoms with Gasteiger partial charge in [-0.05, 0) is 74.0 Å². The molecule has 0 saturated heterocycles. The van der Waals surface area contributed by atoms with Crippen LogP contribution in [0.15, 0.2) is 12.2 Å². The van der Waals surface area contributed by atoms with Crippen LogP contribution in [0, 0.1) is 28.6 Å².